The molecule has 0 fully saturated rings. The summed E-state index contributed by atoms with van der Waals surface area (Å²) in [6.07, 6.45) is 6.22. The molecule has 2 aromatic rings. The summed E-state index contributed by atoms with van der Waals surface area (Å²) in [6.45, 7) is 2.53. The molecule has 94 valence electrons. The van der Waals surface area contributed by atoms with Crippen LogP contribution in [0.3, 0.4) is 0 Å². The first-order valence-corrected chi connectivity index (χ1v) is 6.32. The van der Waals surface area contributed by atoms with Gasteiger partial charge in [0.15, 0.2) is 0 Å². The van der Waals surface area contributed by atoms with Crippen LogP contribution in [0.4, 0.5) is 5.82 Å². The molecule has 2 aromatic heterocycles. The minimum atomic E-state index is 0.640. The lowest BCUT2D eigenvalue weighted by molar-refractivity contribution is 0.391. The normalized spacial score (nSPS) is 14.3. The van der Waals surface area contributed by atoms with Gasteiger partial charge in [0.1, 0.15) is 23.6 Å². The maximum atomic E-state index is 5.04. The van der Waals surface area contributed by atoms with Crippen LogP contribution < -0.4 is 5.32 Å². The van der Waals surface area contributed by atoms with Crippen LogP contribution in [-0.4, -0.2) is 15.1 Å². The Balaban J connectivity index is 1.76. The summed E-state index contributed by atoms with van der Waals surface area (Å²) >= 11 is 0. The van der Waals surface area contributed by atoms with Gasteiger partial charge in [0.25, 0.3) is 0 Å². The van der Waals surface area contributed by atoms with Gasteiger partial charge in [-0.25, -0.2) is 9.97 Å². The van der Waals surface area contributed by atoms with E-state index in [4.69, 9.17) is 4.52 Å². The highest BCUT2D eigenvalue weighted by molar-refractivity contribution is 5.47. The van der Waals surface area contributed by atoms with E-state index in [1.807, 2.05) is 13.0 Å². The van der Waals surface area contributed by atoms with Crippen molar-refractivity contribution in [2.24, 2.45) is 0 Å². The SMILES string of the molecule is Cc1cc(CNc2ncnc3c2CCCC3)no1. The van der Waals surface area contributed by atoms with E-state index in [1.54, 1.807) is 6.33 Å². The second kappa shape index (κ2) is 4.76. The molecule has 3 rings (SSSR count). The summed E-state index contributed by atoms with van der Waals surface area (Å²) in [5, 5.41) is 7.29. The molecule has 0 unspecified atom stereocenters. The van der Waals surface area contributed by atoms with E-state index in [2.05, 4.69) is 20.4 Å². The van der Waals surface area contributed by atoms with Gasteiger partial charge in [-0.1, -0.05) is 5.16 Å². The topological polar surface area (TPSA) is 63.8 Å². The van der Waals surface area contributed by atoms with E-state index in [-0.39, 0.29) is 0 Å². The van der Waals surface area contributed by atoms with Crippen molar-refractivity contribution in [2.75, 3.05) is 5.32 Å². The van der Waals surface area contributed by atoms with Gasteiger partial charge in [0.2, 0.25) is 0 Å². The fourth-order valence-electron chi connectivity index (χ4n) is 2.35. The Morgan fingerprint density at radius 1 is 1.28 bits per heavy atom. The van der Waals surface area contributed by atoms with E-state index < -0.39 is 0 Å². The average molecular weight is 244 g/mol. The summed E-state index contributed by atoms with van der Waals surface area (Å²) < 4.78 is 5.04. The molecule has 1 aliphatic rings. The number of aryl methyl sites for hydroxylation is 2. The molecule has 0 atom stereocenters. The predicted molar refractivity (Wildman–Crippen MR) is 67.2 cm³/mol. The van der Waals surface area contributed by atoms with Crippen LogP contribution in [0, 0.1) is 6.92 Å². The molecule has 0 bridgehead atoms. The fourth-order valence-corrected chi connectivity index (χ4v) is 2.35. The summed E-state index contributed by atoms with van der Waals surface area (Å²) in [5.74, 6) is 1.77. The number of aromatic nitrogens is 3. The van der Waals surface area contributed by atoms with E-state index in [1.165, 1.54) is 24.1 Å². The standard InChI is InChI=1S/C13H16N4O/c1-9-6-10(17-18-9)7-14-13-11-4-2-3-5-12(11)15-8-16-13/h6,8H,2-5,7H2,1H3,(H,14,15,16). The largest absolute Gasteiger partial charge is 0.364 e. The Labute approximate surface area is 106 Å². The predicted octanol–water partition coefficient (Wildman–Crippen LogP) is 2.26. The Hall–Kier alpha value is -1.91. The lowest BCUT2D eigenvalue weighted by Crippen LogP contribution is -2.12. The number of hydrogen-bond acceptors (Lipinski definition) is 5. The molecule has 0 amide bonds. The highest BCUT2D eigenvalue weighted by Crippen LogP contribution is 2.24. The van der Waals surface area contributed by atoms with Crippen molar-refractivity contribution in [1.82, 2.24) is 15.1 Å². The molecule has 18 heavy (non-hydrogen) atoms. The molecule has 2 heterocycles. The number of hydrogen-bond donors (Lipinski definition) is 1. The van der Waals surface area contributed by atoms with Gasteiger partial charge in [0.05, 0.1) is 6.54 Å². The van der Waals surface area contributed by atoms with Crippen LogP contribution in [-0.2, 0) is 19.4 Å². The molecule has 1 N–H and O–H groups in total. The summed E-state index contributed by atoms with van der Waals surface area (Å²) in [7, 11) is 0. The Morgan fingerprint density at radius 2 is 2.17 bits per heavy atom. The number of fused-ring (bicyclic) bond motifs is 1. The smallest absolute Gasteiger partial charge is 0.133 e. The molecule has 5 heteroatoms. The molecule has 0 saturated heterocycles. The van der Waals surface area contributed by atoms with Crippen LogP contribution >= 0.6 is 0 Å². The molecule has 0 saturated carbocycles. The number of nitrogens with zero attached hydrogens (tertiary/aromatic N) is 3. The summed E-state index contributed by atoms with van der Waals surface area (Å²) in [6, 6.07) is 1.93. The lowest BCUT2D eigenvalue weighted by atomic mass is 9.96. The molecule has 0 spiro atoms. The molecule has 0 aromatic carbocycles. The van der Waals surface area contributed by atoms with Gasteiger partial charge >= 0.3 is 0 Å². The van der Waals surface area contributed by atoms with Crippen molar-refractivity contribution in [3.8, 4) is 0 Å². The zero-order chi connectivity index (χ0) is 12.4. The summed E-state index contributed by atoms with van der Waals surface area (Å²) in [5.41, 5.74) is 3.36. The van der Waals surface area contributed by atoms with Gasteiger partial charge in [-0.3, -0.25) is 0 Å². The number of anilines is 1. The third-order valence-electron chi connectivity index (χ3n) is 3.24. The first-order chi connectivity index (χ1) is 8.83. The van der Waals surface area contributed by atoms with E-state index in [9.17, 15) is 0 Å². The Bertz CT molecular complexity index is 550. The maximum Gasteiger partial charge on any atom is 0.133 e. The minimum Gasteiger partial charge on any atom is -0.364 e. The number of nitrogens with one attached hydrogen (secondary N) is 1. The lowest BCUT2D eigenvalue weighted by Gasteiger charge is -2.17. The zero-order valence-electron chi connectivity index (χ0n) is 10.4. The first kappa shape index (κ1) is 11.2. The van der Waals surface area contributed by atoms with Gasteiger partial charge in [-0.05, 0) is 32.6 Å². The van der Waals surface area contributed by atoms with Gasteiger partial charge in [-0.2, -0.15) is 0 Å². The second-order valence-corrected chi connectivity index (χ2v) is 4.64. The Kier molecular flexibility index (Phi) is 2.96. The maximum absolute atomic E-state index is 5.04. The van der Waals surface area contributed by atoms with Crippen molar-refractivity contribution in [2.45, 2.75) is 39.2 Å². The molecular weight excluding hydrogens is 228 g/mol. The van der Waals surface area contributed by atoms with Crippen molar-refractivity contribution in [1.29, 1.82) is 0 Å². The Morgan fingerprint density at radius 3 is 3.00 bits per heavy atom. The molecule has 0 radical (unpaired) electrons. The summed E-state index contributed by atoms with van der Waals surface area (Å²) in [4.78, 5) is 8.69. The molecule has 0 aliphatic heterocycles. The van der Waals surface area contributed by atoms with Crippen LogP contribution in [0.2, 0.25) is 0 Å². The average Bonchev–Trinajstić information content (AvgIpc) is 2.82. The highest BCUT2D eigenvalue weighted by atomic mass is 16.5. The van der Waals surface area contributed by atoms with Gasteiger partial charge in [-0.15, -0.1) is 0 Å². The number of rotatable bonds is 3. The van der Waals surface area contributed by atoms with Crippen LogP contribution in [0.1, 0.15) is 35.6 Å². The van der Waals surface area contributed by atoms with Crippen LogP contribution in [0.5, 0.6) is 0 Å². The van der Waals surface area contributed by atoms with E-state index >= 15 is 0 Å². The third-order valence-corrected chi connectivity index (χ3v) is 3.24. The molecule has 5 nitrogen and oxygen atoms in total. The molecule has 1 aliphatic carbocycles. The van der Waals surface area contributed by atoms with Gasteiger partial charge < -0.3 is 9.84 Å². The molecular formula is C13H16N4O. The fraction of sp³-hybridized carbons (Fsp3) is 0.462. The van der Waals surface area contributed by atoms with Crippen molar-refractivity contribution < 1.29 is 4.52 Å². The third kappa shape index (κ3) is 2.20. The van der Waals surface area contributed by atoms with E-state index in [0.29, 0.717) is 6.54 Å². The van der Waals surface area contributed by atoms with Crippen LogP contribution in [0.25, 0.3) is 0 Å². The monoisotopic (exact) mass is 244 g/mol. The van der Waals surface area contributed by atoms with Crippen molar-refractivity contribution >= 4 is 5.82 Å². The van der Waals surface area contributed by atoms with E-state index in [0.717, 1.165) is 30.1 Å². The van der Waals surface area contributed by atoms with Gasteiger partial charge in [0, 0.05) is 17.3 Å². The minimum absolute atomic E-state index is 0.640. The van der Waals surface area contributed by atoms with Crippen molar-refractivity contribution in [3.05, 3.63) is 35.1 Å². The van der Waals surface area contributed by atoms with Crippen molar-refractivity contribution in [3.63, 3.8) is 0 Å². The first-order valence-electron chi connectivity index (χ1n) is 6.32. The zero-order valence-corrected chi connectivity index (χ0v) is 10.4. The quantitative estimate of drug-likeness (QED) is 0.897. The second-order valence-electron chi connectivity index (χ2n) is 4.64. The van der Waals surface area contributed by atoms with Crippen LogP contribution in [0.15, 0.2) is 16.9 Å². The highest BCUT2D eigenvalue weighted by Gasteiger charge is 2.15.